The number of aromatic nitrogens is 2. The van der Waals surface area contributed by atoms with Crippen molar-refractivity contribution in [3.63, 3.8) is 0 Å². The van der Waals surface area contributed by atoms with E-state index in [-0.39, 0.29) is 17.1 Å². The number of aryl methyl sites for hydroxylation is 1. The zero-order valence-corrected chi connectivity index (χ0v) is 18.2. The molecule has 11 heteroatoms. The van der Waals surface area contributed by atoms with Crippen LogP contribution in [0.25, 0.3) is 0 Å². The third kappa shape index (κ3) is 5.65. The topological polar surface area (TPSA) is 86.6 Å². The number of alkyl halides is 3. The molecule has 0 bridgehead atoms. The third-order valence-corrected chi connectivity index (χ3v) is 5.90. The summed E-state index contributed by atoms with van der Waals surface area (Å²) in [5.41, 5.74) is 2.60. The quantitative estimate of drug-likeness (QED) is 0.682. The van der Waals surface area contributed by atoms with Crippen LogP contribution in [0.15, 0.2) is 30.5 Å². The van der Waals surface area contributed by atoms with Crippen molar-refractivity contribution in [1.29, 1.82) is 0 Å². The number of likely N-dealkylation sites (N-methyl/N-ethyl adjacent to an activating group) is 1. The Balaban J connectivity index is 0.000000383. The Morgan fingerprint density at radius 2 is 1.76 bits per heavy atom. The zero-order chi connectivity index (χ0) is 24.4. The van der Waals surface area contributed by atoms with Crippen molar-refractivity contribution in [1.82, 2.24) is 19.8 Å². The van der Waals surface area contributed by atoms with E-state index in [4.69, 9.17) is 9.90 Å². The van der Waals surface area contributed by atoms with E-state index in [1.807, 2.05) is 26.1 Å². The van der Waals surface area contributed by atoms with E-state index in [0.717, 1.165) is 43.7 Å². The highest BCUT2D eigenvalue weighted by Gasteiger charge is 2.45. The van der Waals surface area contributed by atoms with Gasteiger partial charge in [-0.3, -0.25) is 9.69 Å². The van der Waals surface area contributed by atoms with Crippen LogP contribution in [-0.2, 0) is 16.8 Å². The minimum absolute atomic E-state index is 0.0133. The standard InChI is InChI=1S/C20H23FN4O.C2HF3O2/c1-14-22-11-17-18(23-14)20(13-24(2)19(17)26)7-9-25(10-8-20)12-15-3-5-16(21)6-4-15;3-2(4,5)1(6)7/h3-6,11H,7-10,12-13H2,1-2H3;(H,6,7). The zero-order valence-electron chi connectivity index (χ0n) is 18.2. The van der Waals surface area contributed by atoms with E-state index >= 15 is 0 Å². The van der Waals surface area contributed by atoms with Gasteiger partial charge in [0.25, 0.3) is 5.91 Å². The van der Waals surface area contributed by atoms with Gasteiger partial charge >= 0.3 is 12.1 Å². The third-order valence-electron chi connectivity index (χ3n) is 5.90. The van der Waals surface area contributed by atoms with Crippen LogP contribution in [0, 0.1) is 12.7 Å². The molecule has 1 amide bonds. The number of piperidine rings is 1. The number of amides is 1. The Morgan fingerprint density at radius 3 is 2.30 bits per heavy atom. The molecule has 0 atom stereocenters. The number of nitrogens with zero attached hydrogens (tertiary/aromatic N) is 4. The predicted octanol–water partition coefficient (Wildman–Crippen LogP) is 3.18. The second-order valence-electron chi connectivity index (χ2n) is 8.33. The molecule has 33 heavy (non-hydrogen) atoms. The lowest BCUT2D eigenvalue weighted by Crippen LogP contribution is -2.53. The summed E-state index contributed by atoms with van der Waals surface area (Å²) in [5, 5.41) is 7.12. The summed E-state index contributed by atoms with van der Waals surface area (Å²) in [5.74, 6) is -2.23. The normalized spacial score (nSPS) is 17.9. The molecule has 1 fully saturated rings. The number of hydrogen-bond donors (Lipinski definition) is 1. The number of carboxylic acid groups (broad SMARTS) is 1. The number of carbonyl (C=O) groups is 2. The van der Waals surface area contributed by atoms with Crippen LogP contribution in [0.4, 0.5) is 17.6 Å². The van der Waals surface area contributed by atoms with E-state index in [0.29, 0.717) is 17.9 Å². The fourth-order valence-electron chi connectivity index (χ4n) is 4.22. The molecule has 4 rings (SSSR count). The monoisotopic (exact) mass is 468 g/mol. The fraction of sp³-hybridized carbons (Fsp3) is 0.455. The Bertz CT molecular complexity index is 1020. The number of rotatable bonds is 2. The average Bonchev–Trinajstić information content (AvgIpc) is 2.75. The second kappa shape index (κ2) is 9.42. The molecule has 3 heterocycles. The molecule has 1 spiro atoms. The van der Waals surface area contributed by atoms with Gasteiger partial charge in [-0.25, -0.2) is 19.2 Å². The van der Waals surface area contributed by atoms with Crippen molar-refractivity contribution >= 4 is 11.9 Å². The molecule has 0 saturated carbocycles. The number of fused-ring (bicyclic) bond motifs is 2. The van der Waals surface area contributed by atoms with Gasteiger partial charge in [-0.05, 0) is 50.6 Å². The number of likely N-dealkylation sites (tertiary alicyclic amines) is 1. The second-order valence-corrected chi connectivity index (χ2v) is 8.33. The van der Waals surface area contributed by atoms with Gasteiger partial charge in [0, 0.05) is 31.7 Å². The SMILES string of the molecule is Cc1ncc2c(n1)C1(CCN(Cc3ccc(F)cc3)CC1)CN(C)C2=O.O=C(O)C(F)(F)F. The number of hydrogen-bond acceptors (Lipinski definition) is 5. The smallest absolute Gasteiger partial charge is 0.475 e. The number of carboxylic acids is 1. The van der Waals surface area contributed by atoms with Crippen LogP contribution in [-0.4, -0.2) is 69.6 Å². The molecule has 1 aromatic heterocycles. The van der Waals surface area contributed by atoms with Gasteiger partial charge in [-0.15, -0.1) is 0 Å². The van der Waals surface area contributed by atoms with Crippen LogP contribution in [0.1, 0.15) is 40.3 Å². The maximum Gasteiger partial charge on any atom is 0.490 e. The van der Waals surface area contributed by atoms with E-state index in [1.165, 1.54) is 12.1 Å². The fourth-order valence-corrected chi connectivity index (χ4v) is 4.22. The number of carbonyl (C=O) groups excluding carboxylic acids is 1. The van der Waals surface area contributed by atoms with E-state index < -0.39 is 12.1 Å². The lowest BCUT2D eigenvalue weighted by atomic mass is 9.71. The van der Waals surface area contributed by atoms with Crippen LogP contribution < -0.4 is 0 Å². The molecule has 1 saturated heterocycles. The van der Waals surface area contributed by atoms with E-state index in [9.17, 15) is 22.4 Å². The van der Waals surface area contributed by atoms with Crippen LogP contribution in [0.2, 0.25) is 0 Å². The average molecular weight is 468 g/mol. The van der Waals surface area contributed by atoms with E-state index in [2.05, 4.69) is 14.9 Å². The molecular weight excluding hydrogens is 444 g/mol. The minimum atomic E-state index is -5.08. The van der Waals surface area contributed by atoms with Gasteiger partial charge in [0.05, 0.1) is 11.3 Å². The molecule has 1 aromatic carbocycles. The number of aliphatic carboxylic acids is 1. The Morgan fingerprint density at radius 1 is 1.18 bits per heavy atom. The highest BCUT2D eigenvalue weighted by molar-refractivity contribution is 5.96. The first kappa shape index (κ1) is 24.6. The summed E-state index contributed by atoms with van der Waals surface area (Å²) in [6.45, 7) is 5.27. The van der Waals surface area contributed by atoms with Gasteiger partial charge < -0.3 is 10.0 Å². The minimum Gasteiger partial charge on any atom is -0.475 e. The van der Waals surface area contributed by atoms with Crippen LogP contribution in [0.5, 0.6) is 0 Å². The molecular formula is C22H24F4N4O3. The molecule has 7 nitrogen and oxygen atoms in total. The highest BCUT2D eigenvalue weighted by atomic mass is 19.4. The Labute approximate surface area is 188 Å². The van der Waals surface area contributed by atoms with Gasteiger partial charge in [-0.1, -0.05) is 12.1 Å². The highest BCUT2D eigenvalue weighted by Crippen LogP contribution is 2.40. The van der Waals surface area contributed by atoms with Gasteiger partial charge in [0.15, 0.2) is 0 Å². The van der Waals surface area contributed by atoms with Crippen molar-refractivity contribution in [3.8, 4) is 0 Å². The van der Waals surface area contributed by atoms with Gasteiger partial charge in [0.1, 0.15) is 11.6 Å². The molecule has 2 aliphatic rings. The number of benzene rings is 1. The molecule has 0 radical (unpaired) electrons. The predicted molar refractivity (Wildman–Crippen MR) is 110 cm³/mol. The van der Waals surface area contributed by atoms with E-state index in [1.54, 1.807) is 11.1 Å². The lowest BCUT2D eigenvalue weighted by Gasteiger charge is -2.46. The Kier molecular flexibility index (Phi) is 7.01. The molecule has 2 aromatic rings. The number of halogens is 4. The van der Waals surface area contributed by atoms with Crippen molar-refractivity contribution < 1.29 is 32.3 Å². The maximum atomic E-state index is 13.1. The first-order valence-corrected chi connectivity index (χ1v) is 10.3. The first-order chi connectivity index (χ1) is 15.4. The van der Waals surface area contributed by atoms with Crippen molar-refractivity contribution in [2.24, 2.45) is 0 Å². The van der Waals surface area contributed by atoms with Crippen molar-refractivity contribution in [3.05, 3.63) is 58.9 Å². The van der Waals surface area contributed by atoms with Crippen molar-refractivity contribution in [2.45, 2.75) is 37.9 Å². The lowest BCUT2D eigenvalue weighted by molar-refractivity contribution is -0.192. The molecule has 0 unspecified atom stereocenters. The summed E-state index contributed by atoms with van der Waals surface area (Å²) < 4.78 is 44.8. The first-order valence-electron chi connectivity index (χ1n) is 10.3. The van der Waals surface area contributed by atoms with Gasteiger partial charge in [0.2, 0.25) is 0 Å². The van der Waals surface area contributed by atoms with Crippen LogP contribution in [0.3, 0.4) is 0 Å². The summed E-state index contributed by atoms with van der Waals surface area (Å²) in [4.78, 5) is 34.5. The summed E-state index contributed by atoms with van der Waals surface area (Å²) in [6, 6.07) is 6.72. The molecule has 1 N–H and O–H groups in total. The van der Waals surface area contributed by atoms with Gasteiger partial charge in [-0.2, -0.15) is 13.2 Å². The van der Waals surface area contributed by atoms with Crippen LogP contribution >= 0.6 is 0 Å². The Hall–Kier alpha value is -3.08. The molecule has 2 aliphatic heterocycles. The molecule has 178 valence electrons. The largest absolute Gasteiger partial charge is 0.490 e. The summed E-state index contributed by atoms with van der Waals surface area (Å²) >= 11 is 0. The summed E-state index contributed by atoms with van der Waals surface area (Å²) in [7, 11) is 1.86. The summed E-state index contributed by atoms with van der Waals surface area (Å²) in [6.07, 6.45) is -1.49. The maximum absolute atomic E-state index is 13.1. The molecule has 0 aliphatic carbocycles. The van der Waals surface area contributed by atoms with Crippen molar-refractivity contribution in [2.75, 3.05) is 26.7 Å².